The van der Waals surface area contributed by atoms with Crippen LogP contribution in [-0.2, 0) is 4.79 Å². The molecule has 1 N–H and O–H groups in total. The highest BCUT2D eigenvalue weighted by Gasteiger charge is 1.90. The highest BCUT2D eigenvalue weighted by atomic mass is 16.4. The molecule has 0 radical (unpaired) electrons. The molecule has 0 bridgehead atoms. The first-order valence-electron chi connectivity index (χ1n) is 6.95. The molecule has 0 amide bonds. The number of carboxylic acid groups (broad SMARTS) is 1. The van der Waals surface area contributed by atoms with Gasteiger partial charge < -0.3 is 5.11 Å². The molecule has 0 aromatic carbocycles. The van der Waals surface area contributed by atoms with Crippen LogP contribution in [0.15, 0.2) is 0 Å². The zero-order chi connectivity index (χ0) is 13.5. The summed E-state index contributed by atoms with van der Waals surface area (Å²) in [5.41, 5.74) is 0. The number of hydrogen-bond donors (Lipinski definition) is 1. The van der Waals surface area contributed by atoms with Gasteiger partial charge in [-0.2, -0.15) is 0 Å². The van der Waals surface area contributed by atoms with Crippen LogP contribution < -0.4 is 0 Å². The first-order chi connectivity index (χ1) is 8.77. The molecular weight excluding hydrogens is 224 g/mol. The van der Waals surface area contributed by atoms with Gasteiger partial charge in [0.05, 0.1) is 6.42 Å². The van der Waals surface area contributed by atoms with Crippen molar-refractivity contribution in [3.8, 4) is 23.7 Å². The van der Waals surface area contributed by atoms with E-state index in [1.807, 2.05) is 5.92 Å². The molecule has 18 heavy (non-hydrogen) atoms. The SMILES string of the molecule is CCCCCCCCCCC#CCC#CC(=O)O. The topological polar surface area (TPSA) is 37.3 Å². The molecule has 100 valence electrons. The molecule has 0 aromatic rings. The van der Waals surface area contributed by atoms with Crippen LogP contribution >= 0.6 is 0 Å². The van der Waals surface area contributed by atoms with Crippen LogP contribution in [0.3, 0.4) is 0 Å². The van der Waals surface area contributed by atoms with E-state index in [-0.39, 0.29) is 0 Å². The van der Waals surface area contributed by atoms with Gasteiger partial charge in [-0.1, -0.05) is 63.7 Å². The van der Waals surface area contributed by atoms with Crippen molar-refractivity contribution >= 4 is 5.97 Å². The predicted molar refractivity (Wildman–Crippen MR) is 75.0 cm³/mol. The lowest BCUT2D eigenvalue weighted by molar-refractivity contribution is -0.130. The number of carboxylic acids is 1. The third kappa shape index (κ3) is 14.6. The minimum Gasteiger partial charge on any atom is -0.472 e. The number of hydrogen-bond acceptors (Lipinski definition) is 1. The van der Waals surface area contributed by atoms with Gasteiger partial charge in [-0.25, -0.2) is 4.79 Å². The Hall–Kier alpha value is -1.41. The molecule has 0 aliphatic heterocycles. The fourth-order valence-corrected chi connectivity index (χ4v) is 1.66. The summed E-state index contributed by atoms with van der Waals surface area (Å²) in [7, 11) is 0. The van der Waals surface area contributed by atoms with Gasteiger partial charge in [0.1, 0.15) is 0 Å². The van der Waals surface area contributed by atoms with Crippen molar-refractivity contribution in [1.82, 2.24) is 0 Å². The van der Waals surface area contributed by atoms with Crippen molar-refractivity contribution in [2.24, 2.45) is 0 Å². The second-order valence-electron chi connectivity index (χ2n) is 4.36. The number of aliphatic carboxylic acids is 1. The van der Waals surface area contributed by atoms with Crippen LogP contribution in [0.2, 0.25) is 0 Å². The van der Waals surface area contributed by atoms with E-state index in [9.17, 15) is 4.79 Å². The molecular formula is C16H24O2. The van der Waals surface area contributed by atoms with E-state index in [2.05, 4.69) is 24.7 Å². The van der Waals surface area contributed by atoms with E-state index in [0.29, 0.717) is 6.42 Å². The summed E-state index contributed by atoms with van der Waals surface area (Å²) in [6.45, 7) is 2.24. The van der Waals surface area contributed by atoms with Crippen molar-refractivity contribution in [2.75, 3.05) is 0 Å². The third-order valence-corrected chi connectivity index (χ3v) is 2.65. The van der Waals surface area contributed by atoms with Gasteiger partial charge in [-0.3, -0.25) is 0 Å². The molecule has 0 fully saturated rings. The molecule has 0 aliphatic carbocycles. The summed E-state index contributed by atoms with van der Waals surface area (Å²) >= 11 is 0. The molecule has 0 rings (SSSR count). The zero-order valence-electron chi connectivity index (χ0n) is 11.4. The lowest BCUT2D eigenvalue weighted by Gasteiger charge is -1.99. The molecule has 0 spiro atoms. The maximum Gasteiger partial charge on any atom is 0.381 e. The van der Waals surface area contributed by atoms with Crippen LogP contribution in [0, 0.1) is 23.7 Å². The molecule has 0 saturated carbocycles. The quantitative estimate of drug-likeness (QED) is 0.521. The summed E-state index contributed by atoms with van der Waals surface area (Å²) < 4.78 is 0. The lowest BCUT2D eigenvalue weighted by atomic mass is 10.1. The Kier molecular flexibility index (Phi) is 12.6. The summed E-state index contributed by atoms with van der Waals surface area (Å²) in [6.07, 6.45) is 11.7. The maximum absolute atomic E-state index is 10.1. The van der Waals surface area contributed by atoms with E-state index in [4.69, 9.17) is 5.11 Å². The van der Waals surface area contributed by atoms with Gasteiger partial charge >= 0.3 is 5.97 Å². The fourth-order valence-electron chi connectivity index (χ4n) is 1.66. The maximum atomic E-state index is 10.1. The zero-order valence-corrected chi connectivity index (χ0v) is 11.4. The minimum absolute atomic E-state index is 0.364. The highest BCUT2D eigenvalue weighted by molar-refractivity contribution is 5.86. The van der Waals surface area contributed by atoms with Gasteiger partial charge in [-0.05, 0) is 6.42 Å². The molecule has 2 heteroatoms. The normalized spacial score (nSPS) is 8.94. The number of carbonyl (C=O) groups is 1. The minimum atomic E-state index is -1.08. The Morgan fingerprint density at radius 1 is 0.889 bits per heavy atom. The van der Waals surface area contributed by atoms with Gasteiger partial charge in [0.15, 0.2) is 0 Å². The Labute approximate surface area is 111 Å². The predicted octanol–water partition coefficient (Wildman–Crippen LogP) is 4.00. The molecule has 0 saturated heterocycles. The van der Waals surface area contributed by atoms with E-state index in [1.165, 1.54) is 44.9 Å². The molecule has 0 aromatic heterocycles. The fraction of sp³-hybridized carbons (Fsp3) is 0.688. The van der Waals surface area contributed by atoms with Crippen molar-refractivity contribution in [1.29, 1.82) is 0 Å². The Balaban J connectivity index is 3.23. The molecule has 2 nitrogen and oxygen atoms in total. The molecule has 0 atom stereocenters. The van der Waals surface area contributed by atoms with E-state index in [1.54, 1.807) is 0 Å². The largest absolute Gasteiger partial charge is 0.472 e. The van der Waals surface area contributed by atoms with Crippen LogP contribution in [0.25, 0.3) is 0 Å². The molecule has 0 unspecified atom stereocenters. The summed E-state index contributed by atoms with van der Waals surface area (Å²) in [5, 5.41) is 8.27. The Morgan fingerprint density at radius 3 is 2.11 bits per heavy atom. The number of unbranched alkanes of at least 4 members (excludes halogenated alkanes) is 8. The van der Waals surface area contributed by atoms with Gasteiger partial charge in [0.25, 0.3) is 0 Å². The lowest BCUT2D eigenvalue weighted by Crippen LogP contribution is -1.85. The van der Waals surface area contributed by atoms with Crippen LogP contribution in [0.4, 0.5) is 0 Å². The van der Waals surface area contributed by atoms with Crippen molar-refractivity contribution in [3.05, 3.63) is 0 Å². The summed E-state index contributed by atoms with van der Waals surface area (Å²) in [6, 6.07) is 0. The van der Waals surface area contributed by atoms with Crippen LogP contribution in [0.1, 0.15) is 71.1 Å². The Morgan fingerprint density at radius 2 is 1.50 bits per heavy atom. The average Bonchev–Trinajstić information content (AvgIpc) is 2.34. The molecule has 0 heterocycles. The number of rotatable bonds is 8. The van der Waals surface area contributed by atoms with Gasteiger partial charge in [0.2, 0.25) is 0 Å². The van der Waals surface area contributed by atoms with E-state index < -0.39 is 5.97 Å². The van der Waals surface area contributed by atoms with Crippen LogP contribution in [-0.4, -0.2) is 11.1 Å². The first kappa shape index (κ1) is 16.6. The van der Waals surface area contributed by atoms with E-state index >= 15 is 0 Å². The Bertz CT molecular complexity index is 322. The molecule has 0 aliphatic rings. The average molecular weight is 248 g/mol. The van der Waals surface area contributed by atoms with Gasteiger partial charge in [0, 0.05) is 12.3 Å². The van der Waals surface area contributed by atoms with Crippen LogP contribution in [0.5, 0.6) is 0 Å². The van der Waals surface area contributed by atoms with Crippen molar-refractivity contribution in [2.45, 2.75) is 71.1 Å². The standard InChI is InChI=1S/C16H24O2/c1-2-3-4-5-6-7-8-9-10-11-12-13-14-15-16(17)18/h2-10,13H2,1H3,(H,17,18). The second-order valence-corrected chi connectivity index (χ2v) is 4.36. The smallest absolute Gasteiger partial charge is 0.381 e. The monoisotopic (exact) mass is 248 g/mol. The van der Waals surface area contributed by atoms with Crippen molar-refractivity contribution in [3.63, 3.8) is 0 Å². The first-order valence-corrected chi connectivity index (χ1v) is 6.95. The highest BCUT2D eigenvalue weighted by Crippen LogP contribution is 2.08. The van der Waals surface area contributed by atoms with Crippen molar-refractivity contribution < 1.29 is 9.90 Å². The van der Waals surface area contributed by atoms with Gasteiger partial charge in [-0.15, -0.1) is 5.92 Å². The third-order valence-electron chi connectivity index (χ3n) is 2.65. The second kappa shape index (κ2) is 13.7. The van der Waals surface area contributed by atoms with E-state index in [0.717, 1.165) is 12.8 Å². The summed E-state index contributed by atoms with van der Waals surface area (Å²) in [4.78, 5) is 10.1. The summed E-state index contributed by atoms with van der Waals surface area (Å²) in [5.74, 6) is 9.35.